The van der Waals surface area contributed by atoms with E-state index >= 15 is 0 Å². The van der Waals surface area contributed by atoms with Crippen LogP contribution in [0.4, 0.5) is 0 Å². The van der Waals surface area contributed by atoms with E-state index in [1.165, 1.54) is 5.57 Å². The molecule has 108 valence electrons. The maximum absolute atomic E-state index is 11.7. The third-order valence-corrected chi connectivity index (χ3v) is 9.69. The van der Waals surface area contributed by atoms with Crippen LogP contribution in [-0.4, -0.2) is 20.2 Å². The molecule has 0 N–H and O–H groups in total. The van der Waals surface area contributed by atoms with Crippen molar-refractivity contribution in [1.29, 1.82) is 0 Å². The Morgan fingerprint density at radius 1 is 1.32 bits per heavy atom. The lowest BCUT2D eigenvalue weighted by Gasteiger charge is -2.42. The Labute approximate surface area is 118 Å². The van der Waals surface area contributed by atoms with Crippen molar-refractivity contribution in [2.24, 2.45) is 11.3 Å². The smallest absolute Gasteiger partial charge is 0.192 e. The Bertz CT molecular complexity index is 427. The molecule has 1 saturated carbocycles. The first-order valence-electron chi connectivity index (χ1n) is 7.36. The Kier molecular flexibility index (Phi) is 3.38. The first-order chi connectivity index (χ1) is 8.44. The number of hydrogen-bond donors (Lipinski definition) is 0. The fourth-order valence-electron chi connectivity index (χ4n) is 3.10. The number of fused-ring (bicyclic) bond motifs is 1. The van der Waals surface area contributed by atoms with Crippen molar-refractivity contribution in [3.8, 4) is 0 Å². The summed E-state index contributed by atoms with van der Waals surface area (Å²) in [6.07, 6.45) is 3.81. The van der Waals surface area contributed by atoms with Gasteiger partial charge in [0.2, 0.25) is 0 Å². The normalized spacial score (nSPS) is 30.5. The van der Waals surface area contributed by atoms with Crippen LogP contribution in [0.2, 0.25) is 18.1 Å². The summed E-state index contributed by atoms with van der Waals surface area (Å²) in [4.78, 5) is 11.7. The predicted octanol–water partition coefficient (Wildman–Crippen LogP) is 4.32. The molecule has 2 rings (SSSR count). The highest BCUT2D eigenvalue weighted by molar-refractivity contribution is 6.74. The van der Waals surface area contributed by atoms with E-state index in [4.69, 9.17) is 4.43 Å². The summed E-state index contributed by atoms with van der Waals surface area (Å²) in [6.45, 7) is 16.0. The van der Waals surface area contributed by atoms with Gasteiger partial charge in [-0.1, -0.05) is 34.6 Å². The first kappa shape index (κ1) is 15.0. The summed E-state index contributed by atoms with van der Waals surface area (Å²) in [5.41, 5.74) is 1.44. The van der Waals surface area contributed by atoms with Crippen LogP contribution < -0.4 is 0 Å². The lowest BCUT2D eigenvalue weighted by Crippen LogP contribution is -2.46. The van der Waals surface area contributed by atoms with Gasteiger partial charge < -0.3 is 4.43 Å². The van der Waals surface area contributed by atoms with Gasteiger partial charge in [-0.2, -0.15) is 0 Å². The average Bonchev–Trinajstić information content (AvgIpc) is 2.61. The van der Waals surface area contributed by atoms with E-state index < -0.39 is 8.32 Å². The van der Waals surface area contributed by atoms with Gasteiger partial charge in [0.25, 0.3) is 0 Å². The van der Waals surface area contributed by atoms with E-state index in [0.29, 0.717) is 18.1 Å². The Morgan fingerprint density at radius 3 is 2.42 bits per heavy atom. The van der Waals surface area contributed by atoms with Crippen molar-refractivity contribution in [3.05, 3.63) is 11.6 Å². The van der Waals surface area contributed by atoms with E-state index in [0.717, 1.165) is 6.42 Å². The summed E-state index contributed by atoms with van der Waals surface area (Å²) >= 11 is 0. The topological polar surface area (TPSA) is 26.3 Å². The number of rotatable bonds is 2. The highest BCUT2D eigenvalue weighted by Crippen LogP contribution is 2.52. The zero-order valence-corrected chi connectivity index (χ0v) is 14.5. The average molecular weight is 280 g/mol. The molecular weight excluding hydrogens is 252 g/mol. The summed E-state index contributed by atoms with van der Waals surface area (Å²) in [6, 6.07) is 0. The molecule has 19 heavy (non-hydrogen) atoms. The van der Waals surface area contributed by atoms with Gasteiger partial charge in [-0.15, -0.1) is 0 Å². The lowest BCUT2D eigenvalue weighted by molar-refractivity contribution is -0.114. The second-order valence-corrected chi connectivity index (χ2v) is 13.2. The summed E-state index contributed by atoms with van der Waals surface area (Å²) in [7, 11) is -1.79. The molecule has 0 saturated heterocycles. The molecular formula is C16H28O2Si. The van der Waals surface area contributed by atoms with Crippen LogP contribution in [0, 0.1) is 11.3 Å². The van der Waals surface area contributed by atoms with Crippen LogP contribution in [0.3, 0.4) is 0 Å². The van der Waals surface area contributed by atoms with Gasteiger partial charge in [0.05, 0.1) is 6.10 Å². The van der Waals surface area contributed by atoms with E-state index in [9.17, 15) is 4.79 Å². The lowest BCUT2D eigenvalue weighted by atomic mass is 9.87. The van der Waals surface area contributed by atoms with Crippen LogP contribution in [0.25, 0.3) is 0 Å². The maximum atomic E-state index is 11.7. The number of carbonyl (C=O) groups excluding carboxylic acids is 1. The molecule has 0 aromatic carbocycles. The van der Waals surface area contributed by atoms with Crippen LogP contribution in [0.1, 0.15) is 47.5 Å². The van der Waals surface area contributed by atoms with Gasteiger partial charge in [0.1, 0.15) is 0 Å². The minimum absolute atomic E-state index is 0.143. The Morgan fingerprint density at radius 2 is 1.89 bits per heavy atom. The van der Waals surface area contributed by atoms with Crippen LogP contribution in [0.5, 0.6) is 0 Å². The molecule has 2 atom stereocenters. The van der Waals surface area contributed by atoms with Gasteiger partial charge in [-0.25, -0.2) is 0 Å². The molecule has 0 spiro atoms. The molecule has 0 heterocycles. The van der Waals surface area contributed by atoms with E-state index in [2.05, 4.69) is 47.7 Å². The fourth-order valence-corrected chi connectivity index (χ4v) is 4.49. The predicted molar refractivity (Wildman–Crippen MR) is 81.7 cm³/mol. The minimum atomic E-state index is -1.79. The number of carbonyl (C=O) groups is 1. The molecule has 3 heteroatoms. The van der Waals surface area contributed by atoms with Gasteiger partial charge >= 0.3 is 0 Å². The van der Waals surface area contributed by atoms with Gasteiger partial charge in [-0.05, 0) is 47.5 Å². The maximum Gasteiger partial charge on any atom is 0.192 e. The third kappa shape index (κ3) is 2.59. The Hall–Kier alpha value is -0.413. The second kappa shape index (κ2) is 4.29. The number of ketones is 1. The van der Waals surface area contributed by atoms with Crippen molar-refractivity contribution >= 4 is 14.1 Å². The molecule has 2 aliphatic rings. The number of hydrogen-bond acceptors (Lipinski definition) is 2. The van der Waals surface area contributed by atoms with Crippen LogP contribution in [-0.2, 0) is 9.22 Å². The van der Waals surface area contributed by atoms with Crippen molar-refractivity contribution < 1.29 is 9.22 Å². The highest BCUT2D eigenvalue weighted by atomic mass is 28.4. The van der Waals surface area contributed by atoms with Crippen molar-refractivity contribution in [2.45, 2.75) is 71.7 Å². The standard InChI is InChI=1S/C16H28O2Si/c1-15(2,3)19(6,7)18-14-13-9-12(17)8-11(13)10-16(14,4)5/h9,11,14H,8,10H2,1-7H3/t11-,14+/m0/s1. The highest BCUT2D eigenvalue weighted by Gasteiger charge is 2.51. The van der Waals surface area contributed by atoms with Gasteiger partial charge in [0.15, 0.2) is 14.1 Å². The molecule has 0 aromatic heterocycles. The van der Waals surface area contributed by atoms with Crippen LogP contribution in [0.15, 0.2) is 11.6 Å². The minimum Gasteiger partial charge on any atom is -0.410 e. The van der Waals surface area contributed by atoms with Crippen molar-refractivity contribution in [1.82, 2.24) is 0 Å². The second-order valence-electron chi connectivity index (χ2n) is 8.46. The fraction of sp³-hybridized carbons (Fsp3) is 0.812. The van der Waals surface area contributed by atoms with E-state index in [1.807, 2.05) is 6.08 Å². The molecule has 0 aromatic rings. The monoisotopic (exact) mass is 280 g/mol. The number of allylic oxidation sites excluding steroid dienone is 1. The first-order valence-corrected chi connectivity index (χ1v) is 10.3. The summed E-state index contributed by atoms with van der Waals surface area (Å²) < 4.78 is 6.66. The van der Waals surface area contributed by atoms with Crippen molar-refractivity contribution in [2.75, 3.05) is 0 Å². The molecule has 2 nitrogen and oxygen atoms in total. The molecule has 0 amide bonds. The van der Waals surface area contributed by atoms with E-state index in [1.54, 1.807) is 0 Å². The quantitative estimate of drug-likeness (QED) is 0.704. The molecule has 0 unspecified atom stereocenters. The van der Waals surface area contributed by atoms with Gasteiger partial charge in [-0.3, -0.25) is 4.79 Å². The van der Waals surface area contributed by atoms with Crippen molar-refractivity contribution in [3.63, 3.8) is 0 Å². The zero-order valence-electron chi connectivity index (χ0n) is 13.5. The Balaban J connectivity index is 2.28. The molecule has 0 radical (unpaired) electrons. The SMILES string of the molecule is CC1(C)C[C@@H]2CC(=O)C=C2[C@H]1O[Si](C)(C)C(C)(C)C. The van der Waals surface area contributed by atoms with Crippen LogP contribution >= 0.6 is 0 Å². The third-order valence-electron chi connectivity index (χ3n) is 5.25. The zero-order chi connectivity index (χ0) is 14.6. The summed E-state index contributed by atoms with van der Waals surface area (Å²) in [5.74, 6) is 0.733. The molecule has 1 fully saturated rings. The van der Waals surface area contributed by atoms with E-state index in [-0.39, 0.29) is 16.6 Å². The molecule has 0 bridgehead atoms. The summed E-state index contributed by atoms with van der Waals surface area (Å²) in [5, 5.41) is 0.213. The molecule has 2 aliphatic carbocycles. The largest absolute Gasteiger partial charge is 0.410 e. The molecule has 0 aliphatic heterocycles. The van der Waals surface area contributed by atoms with Gasteiger partial charge in [0, 0.05) is 6.42 Å².